The lowest BCUT2D eigenvalue weighted by atomic mass is 9.87. The fourth-order valence-electron chi connectivity index (χ4n) is 2.09. The van der Waals surface area contributed by atoms with E-state index in [2.05, 4.69) is 67.8 Å². The number of nitrogen functional groups attached to an aromatic ring is 2. The van der Waals surface area contributed by atoms with Crippen LogP contribution in [0, 0.1) is 0 Å². The Kier molecular flexibility index (Phi) is 8.43. The molecule has 0 saturated carbocycles. The van der Waals surface area contributed by atoms with E-state index in [1.165, 1.54) is 6.92 Å². The molecule has 1 aromatic rings. The Morgan fingerprint density at radius 3 is 2.08 bits per heavy atom. The third-order valence-corrected chi connectivity index (χ3v) is 7.45. The molecule has 3 unspecified atom stereocenters. The molecule has 0 saturated heterocycles. The van der Waals surface area contributed by atoms with Crippen LogP contribution in [-0.4, -0.2) is 20.4 Å². The van der Waals surface area contributed by atoms with Crippen LogP contribution >= 0.6 is 67.8 Å². The van der Waals surface area contributed by atoms with Crippen LogP contribution < -0.4 is 22.9 Å². The molecule has 9 N–H and O–H groups in total. The fraction of sp³-hybridized carbons (Fsp3) is 0.312. The highest BCUT2D eigenvalue weighted by molar-refractivity contribution is 14.1. The van der Waals surface area contributed by atoms with Gasteiger partial charge in [0, 0.05) is 24.2 Å². The second-order valence-electron chi connectivity index (χ2n) is 5.69. The molecule has 0 radical (unpaired) electrons. The van der Waals surface area contributed by atoms with Crippen molar-refractivity contribution in [2.45, 2.75) is 29.4 Å². The van der Waals surface area contributed by atoms with Gasteiger partial charge in [0.05, 0.1) is 10.0 Å². The summed E-state index contributed by atoms with van der Waals surface area (Å²) < 4.78 is 1.65. The molecule has 0 aliphatic heterocycles. The summed E-state index contributed by atoms with van der Waals surface area (Å²) in [5.41, 5.74) is 24.6. The maximum Gasteiger partial charge on any atom is 0.156 e. The van der Waals surface area contributed by atoms with Gasteiger partial charge in [-0.2, -0.15) is 0 Å². The van der Waals surface area contributed by atoms with E-state index in [4.69, 9.17) is 28.0 Å². The van der Waals surface area contributed by atoms with Crippen molar-refractivity contribution in [3.8, 4) is 0 Å². The summed E-state index contributed by atoms with van der Waals surface area (Å²) in [6.45, 7) is 3.18. The van der Waals surface area contributed by atoms with Gasteiger partial charge in [-0.1, -0.05) is 22.6 Å². The highest BCUT2D eigenvalue weighted by Crippen LogP contribution is 2.40. The number of nitrogens with two attached hydrogens (primary N) is 4. The van der Waals surface area contributed by atoms with E-state index < -0.39 is 11.6 Å². The van der Waals surface area contributed by atoms with Crippen LogP contribution in [0.3, 0.4) is 0 Å². The lowest BCUT2D eigenvalue weighted by Gasteiger charge is -2.35. The summed E-state index contributed by atoms with van der Waals surface area (Å²) >= 11 is 6.39. The van der Waals surface area contributed by atoms with Crippen LogP contribution in [0.2, 0.25) is 0 Å². The van der Waals surface area contributed by atoms with E-state index in [-0.39, 0.29) is 9.71 Å². The van der Waals surface area contributed by atoms with Gasteiger partial charge in [0.25, 0.3) is 0 Å². The number of Topliss-reactive ketones (excluding diaryl/α,β-unsaturated/α-hetero) is 1. The van der Waals surface area contributed by atoms with Crippen molar-refractivity contribution in [3.05, 3.63) is 42.7 Å². The number of alkyl halides is 1. The summed E-state index contributed by atoms with van der Waals surface area (Å²) in [5, 5.41) is 9.16. The van der Waals surface area contributed by atoms with E-state index >= 15 is 0 Å². The van der Waals surface area contributed by atoms with E-state index in [0.717, 1.165) is 12.7 Å². The van der Waals surface area contributed by atoms with E-state index in [1.54, 1.807) is 25.1 Å². The van der Waals surface area contributed by atoms with Crippen LogP contribution in [0.1, 0.15) is 25.5 Å². The minimum atomic E-state index is -0.945. The van der Waals surface area contributed by atoms with Crippen molar-refractivity contribution in [3.63, 3.8) is 0 Å². The van der Waals surface area contributed by atoms with Gasteiger partial charge >= 0.3 is 0 Å². The maximum atomic E-state index is 11.5. The molecule has 1 aliphatic carbocycles. The van der Waals surface area contributed by atoms with Gasteiger partial charge in [-0.15, -0.1) is 0 Å². The minimum Gasteiger partial charge on any atom is -0.400 e. The zero-order chi connectivity index (χ0) is 19.5. The molecule has 0 fully saturated rings. The van der Waals surface area contributed by atoms with Crippen molar-refractivity contribution in [1.82, 2.24) is 0 Å². The molecule has 138 valence electrons. The zero-order valence-corrected chi connectivity index (χ0v) is 20.2. The van der Waals surface area contributed by atoms with Crippen LogP contribution in [0.25, 0.3) is 0 Å². The highest BCUT2D eigenvalue weighted by Gasteiger charge is 2.44. The first kappa shape index (κ1) is 22.9. The van der Waals surface area contributed by atoms with Gasteiger partial charge in [-0.05, 0) is 88.9 Å². The molecule has 2 rings (SSSR count). The van der Waals surface area contributed by atoms with E-state index in [1.807, 2.05) is 6.08 Å². The van der Waals surface area contributed by atoms with Gasteiger partial charge in [0.2, 0.25) is 0 Å². The molecule has 1 aromatic carbocycles. The average molecular weight is 682 g/mol. The zero-order valence-electron chi connectivity index (χ0n) is 13.8. The minimum absolute atomic E-state index is 0.0515. The van der Waals surface area contributed by atoms with Crippen LogP contribution in [-0.2, 0) is 4.79 Å². The van der Waals surface area contributed by atoms with Gasteiger partial charge in [0.1, 0.15) is 5.54 Å². The molecule has 6 nitrogen and oxygen atoms in total. The van der Waals surface area contributed by atoms with E-state index in [9.17, 15) is 4.79 Å². The van der Waals surface area contributed by atoms with Gasteiger partial charge in [-0.3, -0.25) is 4.79 Å². The summed E-state index contributed by atoms with van der Waals surface area (Å²) in [6, 6.07) is 5.08. The first-order valence-electron chi connectivity index (χ1n) is 7.22. The molecule has 25 heavy (non-hydrogen) atoms. The number of hydrogen-bond donors (Lipinski definition) is 5. The summed E-state index contributed by atoms with van der Waals surface area (Å²) in [5.74, 6) is -0.0515. The number of benzene rings is 1. The SMILES string of the molecule is CC(=O)C1(N)C(I)=CC(I)=C(N)C1I.CC(O)c1cc(N)cc(N)c1. The Morgan fingerprint density at radius 2 is 1.68 bits per heavy atom. The number of carbonyl (C=O) groups excluding carboxylic acids is 1. The van der Waals surface area contributed by atoms with Crippen molar-refractivity contribution < 1.29 is 9.90 Å². The van der Waals surface area contributed by atoms with Crippen LogP contribution in [0.15, 0.2) is 37.1 Å². The van der Waals surface area contributed by atoms with Crippen molar-refractivity contribution in [1.29, 1.82) is 0 Å². The smallest absolute Gasteiger partial charge is 0.156 e. The molecule has 0 aromatic heterocycles. The number of halogens is 3. The molecular formula is C16H21I3N4O2. The Morgan fingerprint density at radius 1 is 1.20 bits per heavy atom. The number of allylic oxidation sites excluding steroid dienone is 2. The Bertz CT molecular complexity index is 714. The second kappa shape index (κ2) is 9.19. The summed E-state index contributed by atoms with van der Waals surface area (Å²) in [4.78, 5) is 11.5. The van der Waals surface area contributed by atoms with Gasteiger partial charge < -0.3 is 28.0 Å². The number of carbonyl (C=O) groups is 1. The summed E-state index contributed by atoms with van der Waals surface area (Å²) in [7, 11) is 0. The van der Waals surface area contributed by atoms with E-state index in [0.29, 0.717) is 17.1 Å². The number of aliphatic hydroxyl groups excluding tert-OH is 1. The standard InChI is InChI=1S/C8H9I3N2O.C8H12N2O/c1-3(14)8(13)5(10)2-4(9)6(12)7(8)11;1-5(11)6-2-7(9)4-8(10)3-6/h2,7H,12-13H2,1H3;2-5,11H,9-10H2,1H3. The molecule has 1 aliphatic rings. The molecule has 0 amide bonds. The molecule has 0 bridgehead atoms. The van der Waals surface area contributed by atoms with Crippen molar-refractivity contribution in [2.24, 2.45) is 11.5 Å². The number of anilines is 2. The monoisotopic (exact) mass is 682 g/mol. The molecule has 9 heteroatoms. The number of ketones is 1. The highest BCUT2D eigenvalue weighted by atomic mass is 127. The quantitative estimate of drug-likeness (QED) is 0.185. The van der Waals surface area contributed by atoms with Crippen molar-refractivity contribution >= 4 is 84.9 Å². The topological polar surface area (TPSA) is 141 Å². The normalized spacial score (nSPS) is 24.1. The fourth-order valence-corrected chi connectivity index (χ4v) is 6.61. The third kappa shape index (κ3) is 5.43. The molecule has 0 heterocycles. The molecular weight excluding hydrogens is 661 g/mol. The molecule has 3 atom stereocenters. The number of hydrogen-bond acceptors (Lipinski definition) is 6. The second-order valence-corrected chi connectivity index (χ2v) is 9.26. The Hall–Kier alpha value is -0.120. The Balaban J connectivity index is 0.000000257. The number of rotatable bonds is 2. The van der Waals surface area contributed by atoms with Gasteiger partial charge in [-0.25, -0.2) is 0 Å². The molecule has 0 spiro atoms. The summed E-state index contributed by atoms with van der Waals surface area (Å²) in [6.07, 6.45) is 1.35. The van der Waals surface area contributed by atoms with Crippen LogP contribution in [0.5, 0.6) is 0 Å². The predicted octanol–water partition coefficient (Wildman–Crippen LogP) is 2.92. The number of aliphatic hydroxyl groups is 1. The average Bonchev–Trinajstić information content (AvgIpc) is 2.50. The first-order chi connectivity index (χ1) is 11.4. The predicted molar refractivity (Wildman–Crippen MR) is 129 cm³/mol. The maximum absolute atomic E-state index is 11.5. The van der Waals surface area contributed by atoms with Gasteiger partial charge in [0.15, 0.2) is 5.78 Å². The first-order valence-corrected chi connectivity index (χ1v) is 10.6. The lowest BCUT2D eigenvalue weighted by molar-refractivity contribution is -0.120. The lowest BCUT2D eigenvalue weighted by Crippen LogP contribution is -2.57. The Labute approximate surface area is 188 Å². The van der Waals surface area contributed by atoms with Crippen molar-refractivity contribution in [2.75, 3.05) is 11.5 Å². The third-order valence-electron chi connectivity index (χ3n) is 3.66. The largest absolute Gasteiger partial charge is 0.400 e. The van der Waals surface area contributed by atoms with Crippen LogP contribution in [0.4, 0.5) is 11.4 Å².